The fourth-order valence-electron chi connectivity index (χ4n) is 2.03. The molecule has 0 saturated heterocycles. The van der Waals surface area contributed by atoms with Gasteiger partial charge in [0.1, 0.15) is 6.54 Å². The third-order valence-electron chi connectivity index (χ3n) is 3.62. The Bertz CT molecular complexity index is 456. The highest BCUT2D eigenvalue weighted by molar-refractivity contribution is 5.69. The number of aryl methyl sites for hydroxylation is 1. The molecule has 6 nitrogen and oxygen atoms in total. The molecule has 114 valence electrons. The van der Waals surface area contributed by atoms with Crippen molar-refractivity contribution in [1.29, 1.82) is 0 Å². The quantitative estimate of drug-likeness (QED) is 0.750. The number of rotatable bonds is 7. The first-order chi connectivity index (χ1) is 9.40. The summed E-state index contributed by atoms with van der Waals surface area (Å²) in [5, 5.41) is 4.43. The van der Waals surface area contributed by atoms with Gasteiger partial charge >= 0.3 is 5.97 Å². The number of nitrogens with zero attached hydrogens (tertiary/aromatic N) is 3. The molecule has 1 rings (SSSR count). The SMILES string of the molecule is CCOC(=O)Cn1nc(C)c(CN(C)C(C)CN)c1C. The number of esters is 1. The van der Waals surface area contributed by atoms with E-state index < -0.39 is 0 Å². The second kappa shape index (κ2) is 7.40. The van der Waals surface area contributed by atoms with Crippen molar-refractivity contribution in [2.75, 3.05) is 20.2 Å². The minimum Gasteiger partial charge on any atom is -0.465 e. The molecule has 0 spiro atoms. The van der Waals surface area contributed by atoms with E-state index in [1.54, 1.807) is 11.6 Å². The summed E-state index contributed by atoms with van der Waals surface area (Å²) in [5.41, 5.74) is 8.79. The molecule has 6 heteroatoms. The summed E-state index contributed by atoms with van der Waals surface area (Å²) in [6, 6.07) is 0.308. The Hall–Kier alpha value is -1.40. The maximum Gasteiger partial charge on any atom is 0.327 e. The van der Waals surface area contributed by atoms with Crippen LogP contribution in [0.4, 0.5) is 0 Å². The normalized spacial score (nSPS) is 12.8. The molecule has 20 heavy (non-hydrogen) atoms. The molecule has 1 aromatic rings. The van der Waals surface area contributed by atoms with Crippen LogP contribution in [0.3, 0.4) is 0 Å². The summed E-state index contributed by atoms with van der Waals surface area (Å²) in [4.78, 5) is 13.7. The van der Waals surface area contributed by atoms with Gasteiger partial charge in [0, 0.05) is 30.4 Å². The number of hydrogen-bond acceptors (Lipinski definition) is 5. The molecule has 0 aromatic carbocycles. The van der Waals surface area contributed by atoms with Crippen LogP contribution in [0.25, 0.3) is 0 Å². The molecular formula is C14H26N4O2. The number of ether oxygens (including phenoxy) is 1. The van der Waals surface area contributed by atoms with Gasteiger partial charge in [-0.25, -0.2) is 0 Å². The van der Waals surface area contributed by atoms with E-state index in [0.717, 1.165) is 23.5 Å². The topological polar surface area (TPSA) is 73.4 Å². The lowest BCUT2D eigenvalue weighted by Gasteiger charge is -2.23. The maximum absolute atomic E-state index is 11.6. The van der Waals surface area contributed by atoms with Crippen molar-refractivity contribution in [1.82, 2.24) is 14.7 Å². The summed E-state index contributed by atoms with van der Waals surface area (Å²) in [6.45, 7) is 9.78. The zero-order valence-corrected chi connectivity index (χ0v) is 13.1. The highest BCUT2D eigenvalue weighted by Gasteiger charge is 2.17. The molecule has 0 aliphatic heterocycles. The van der Waals surface area contributed by atoms with Gasteiger partial charge in [-0.1, -0.05) is 0 Å². The third kappa shape index (κ3) is 4.05. The lowest BCUT2D eigenvalue weighted by atomic mass is 10.1. The van der Waals surface area contributed by atoms with Gasteiger partial charge < -0.3 is 10.5 Å². The molecule has 1 heterocycles. The van der Waals surface area contributed by atoms with Crippen LogP contribution in [-0.4, -0.2) is 46.9 Å². The van der Waals surface area contributed by atoms with Gasteiger partial charge in [-0.05, 0) is 34.7 Å². The molecule has 1 atom stereocenters. The lowest BCUT2D eigenvalue weighted by molar-refractivity contribution is -0.144. The van der Waals surface area contributed by atoms with Crippen molar-refractivity contribution in [3.63, 3.8) is 0 Å². The smallest absolute Gasteiger partial charge is 0.327 e. The number of aromatic nitrogens is 2. The minimum atomic E-state index is -0.256. The van der Waals surface area contributed by atoms with E-state index in [2.05, 4.69) is 16.9 Å². The summed E-state index contributed by atoms with van der Waals surface area (Å²) < 4.78 is 6.67. The van der Waals surface area contributed by atoms with E-state index in [-0.39, 0.29) is 12.5 Å². The largest absolute Gasteiger partial charge is 0.465 e. The molecule has 0 aliphatic carbocycles. The predicted octanol–water partition coefficient (Wildman–Crippen LogP) is 0.842. The monoisotopic (exact) mass is 282 g/mol. The Labute approximate surface area is 120 Å². The highest BCUT2D eigenvalue weighted by atomic mass is 16.5. The van der Waals surface area contributed by atoms with Crippen molar-refractivity contribution in [2.45, 2.75) is 46.8 Å². The fraction of sp³-hybridized carbons (Fsp3) is 0.714. The first kappa shape index (κ1) is 16.7. The number of nitrogens with two attached hydrogens (primary N) is 1. The summed E-state index contributed by atoms with van der Waals surface area (Å²) in [6.07, 6.45) is 0. The second-order valence-corrected chi connectivity index (χ2v) is 5.11. The number of hydrogen-bond donors (Lipinski definition) is 1. The Morgan fingerprint density at radius 2 is 2.15 bits per heavy atom. The van der Waals surface area contributed by atoms with E-state index >= 15 is 0 Å². The molecule has 0 bridgehead atoms. The van der Waals surface area contributed by atoms with Crippen molar-refractivity contribution < 1.29 is 9.53 Å². The van der Waals surface area contributed by atoms with E-state index in [1.165, 1.54) is 0 Å². The standard InChI is InChI=1S/C14H26N4O2/c1-6-20-14(19)9-18-12(4)13(11(3)16-18)8-17(5)10(2)7-15/h10H,6-9,15H2,1-5H3. The van der Waals surface area contributed by atoms with Gasteiger partial charge in [0.15, 0.2) is 0 Å². The minimum absolute atomic E-state index is 0.163. The summed E-state index contributed by atoms with van der Waals surface area (Å²) in [7, 11) is 2.04. The van der Waals surface area contributed by atoms with Gasteiger partial charge in [0.05, 0.1) is 12.3 Å². The average Bonchev–Trinajstić information content (AvgIpc) is 2.65. The molecule has 0 radical (unpaired) electrons. The Balaban J connectivity index is 2.83. The van der Waals surface area contributed by atoms with Crippen molar-refractivity contribution in [3.05, 3.63) is 17.0 Å². The van der Waals surface area contributed by atoms with Crippen molar-refractivity contribution >= 4 is 5.97 Å². The van der Waals surface area contributed by atoms with Crippen LogP contribution >= 0.6 is 0 Å². The van der Waals surface area contributed by atoms with Crippen LogP contribution in [-0.2, 0) is 22.6 Å². The van der Waals surface area contributed by atoms with Gasteiger partial charge in [-0.15, -0.1) is 0 Å². The molecule has 0 fully saturated rings. The number of carbonyl (C=O) groups excluding carboxylic acids is 1. The van der Waals surface area contributed by atoms with Crippen LogP contribution in [0.5, 0.6) is 0 Å². The van der Waals surface area contributed by atoms with Crippen molar-refractivity contribution in [2.24, 2.45) is 5.73 Å². The Kier molecular flexibility index (Phi) is 6.16. The molecule has 0 amide bonds. The van der Waals surface area contributed by atoms with Crippen LogP contribution in [0, 0.1) is 13.8 Å². The zero-order valence-electron chi connectivity index (χ0n) is 13.1. The molecule has 0 aliphatic rings. The molecule has 1 aromatic heterocycles. The van der Waals surface area contributed by atoms with Gasteiger partial charge in [-0.2, -0.15) is 5.10 Å². The fourth-order valence-corrected chi connectivity index (χ4v) is 2.03. The summed E-state index contributed by atoms with van der Waals surface area (Å²) in [5.74, 6) is -0.256. The van der Waals surface area contributed by atoms with E-state index in [4.69, 9.17) is 10.5 Å². The lowest BCUT2D eigenvalue weighted by Crippen LogP contribution is -2.35. The van der Waals surface area contributed by atoms with Crippen LogP contribution in [0.2, 0.25) is 0 Å². The maximum atomic E-state index is 11.6. The van der Waals surface area contributed by atoms with E-state index in [1.807, 2.05) is 20.9 Å². The second-order valence-electron chi connectivity index (χ2n) is 5.11. The van der Waals surface area contributed by atoms with E-state index in [9.17, 15) is 4.79 Å². The van der Waals surface area contributed by atoms with Gasteiger partial charge in [0.25, 0.3) is 0 Å². The van der Waals surface area contributed by atoms with Gasteiger partial charge in [0.2, 0.25) is 0 Å². The average molecular weight is 282 g/mol. The first-order valence-corrected chi connectivity index (χ1v) is 6.99. The Morgan fingerprint density at radius 3 is 2.70 bits per heavy atom. The van der Waals surface area contributed by atoms with Crippen LogP contribution < -0.4 is 5.73 Å². The molecule has 2 N–H and O–H groups in total. The summed E-state index contributed by atoms with van der Waals surface area (Å²) >= 11 is 0. The number of carbonyl (C=O) groups is 1. The van der Waals surface area contributed by atoms with Gasteiger partial charge in [-0.3, -0.25) is 14.4 Å². The Morgan fingerprint density at radius 1 is 1.50 bits per heavy atom. The number of likely N-dealkylation sites (N-methyl/N-ethyl adjacent to an activating group) is 1. The third-order valence-corrected chi connectivity index (χ3v) is 3.62. The molecule has 0 saturated carbocycles. The zero-order chi connectivity index (χ0) is 15.3. The molecular weight excluding hydrogens is 256 g/mol. The predicted molar refractivity (Wildman–Crippen MR) is 78.3 cm³/mol. The van der Waals surface area contributed by atoms with Crippen molar-refractivity contribution in [3.8, 4) is 0 Å². The first-order valence-electron chi connectivity index (χ1n) is 6.99. The van der Waals surface area contributed by atoms with Crippen LogP contribution in [0.15, 0.2) is 0 Å². The highest BCUT2D eigenvalue weighted by Crippen LogP contribution is 2.16. The van der Waals surface area contributed by atoms with E-state index in [0.29, 0.717) is 19.2 Å². The molecule has 1 unspecified atom stereocenters. The van der Waals surface area contributed by atoms with Crippen LogP contribution in [0.1, 0.15) is 30.8 Å².